The Balaban J connectivity index is 2.30. The number of carbonyl (C=O) groups excluding carboxylic acids is 2. The summed E-state index contributed by atoms with van der Waals surface area (Å²) in [6.45, 7) is 11.6. The molecule has 0 radical (unpaired) electrons. The predicted molar refractivity (Wildman–Crippen MR) is 126 cm³/mol. The van der Waals surface area contributed by atoms with Crippen LogP contribution in [0.25, 0.3) is 0 Å². The summed E-state index contributed by atoms with van der Waals surface area (Å²) in [5, 5.41) is 6.45. The van der Waals surface area contributed by atoms with E-state index in [1.54, 1.807) is 41.5 Å². The maximum atomic E-state index is 13.2. The highest BCUT2D eigenvalue weighted by atomic mass is 16.6. The van der Waals surface area contributed by atoms with Crippen LogP contribution in [0.2, 0.25) is 0 Å². The number of hydrogen-bond acceptors (Lipinski definition) is 6. The van der Waals surface area contributed by atoms with Crippen LogP contribution < -0.4 is 10.6 Å². The van der Waals surface area contributed by atoms with Crippen molar-refractivity contribution in [3.8, 4) is 0 Å². The number of rotatable bonds is 9. The zero-order valence-corrected chi connectivity index (χ0v) is 20.0. The third-order valence-electron chi connectivity index (χ3n) is 4.39. The standard InChI is InChI=1S/C26H36N2O4/c1-25(2,3)31-23(29)21(27-17-19-13-9-7-10-14-19)22(24(30)32-26(4,5)6)28-18-20-15-11-8-12-16-20/h7-16,21-22,27-28H,17-18H2,1-6H3/t21-,22+. The van der Waals surface area contributed by atoms with E-state index in [0.29, 0.717) is 13.1 Å². The molecule has 6 nitrogen and oxygen atoms in total. The lowest BCUT2D eigenvalue weighted by molar-refractivity contribution is -0.167. The van der Waals surface area contributed by atoms with Crippen molar-refractivity contribution in [3.63, 3.8) is 0 Å². The van der Waals surface area contributed by atoms with Gasteiger partial charge in [-0.15, -0.1) is 0 Å². The van der Waals surface area contributed by atoms with Crippen LogP contribution in [0.3, 0.4) is 0 Å². The summed E-state index contributed by atoms with van der Waals surface area (Å²) >= 11 is 0. The number of nitrogens with one attached hydrogen (secondary N) is 2. The van der Waals surface area contributed by atoms with Gasteiger partial charge >= 0.3 is 11.9 Å². The molecule has 0 spiro atoms. The molecule has 2 rings (SSSR count). The minimum atomic E-state index is -0.937. The van der Waals surface area contributed by atoms with E-state index >= 15 is 0 Å². The molecule has 6 heteroatoms. The van der Waals surface area contributed by atoms with Crippen LogP contribution in [-0.2, 0) is 32.2 Å². The molecule has 0 saturated heterocycles. The molecule has 0 fully saturated rings. The van der Waals surface area contributed by atoms with E-state index in [1.807, 2.05) is 60.7 Å². The smallest absolute Gasteiger partial charge is 0.325 e. The van der Waals surface area contributed by atoms with Gasteiger partial charge in [-0.25, -0.2) is 0 Å². The van der Waals surface area contributed by atoms with Gasteiger partial charge in [0.25, 0.3) is 0 Å². The molecule has 0 bridgehead atoms. The van der Waals surface area contributed by atoms with E-state index < -0.39 is 35.2 Å². The van der Waals surface area contributed by atoms with Crippen molar-refractivity contribution in [3.05, 3.63) is 71.8 Å². The number of benzene rings is 2. The largest absolute Gasteiger partial charge is 0.459 e. The average molecular weight is 441 g/mol. The molecule has 174 valence electrons. The van der Waals surface area contributed by atoms with Gasteiger partial charge in [0.2, 0.25) is 0 Å². The van der Waals surface area contributed by atoms with Crippen molar-refractivity contribution in [1.29, 1.82) is 0 Å². The molecule has 0 aliphatic heterocycles. The highest BCUT2D eigenvalue weighted by Crippen LogP contribution is 2.15. The van der Waals surface area contributed by atoms with Crippen molar-refractivity contribution in [2.75, 3.05) is 0 Å². The topological polar surface area (TPSA) is 76.7 Å². The zero-order valence-electron chi connectivity index (χ0n) is 20.0. The first-order valence-corrected chi connectivity index (χ1v) is 10.9. The maximum absolute atomic E-state index is 13.2. The van der Waals surface area contributed by atoms with E-state index in [0.717, 1.165) is 11.1 Å². The van der Waals surface area contributed by atoms with Crippen LogP contribution in [0.5, 0.6) is 0 Å². The monoisotopic (exact) mass is 440 g/mol. The molecule has 2 aromatic rings. The maximum Gasteiger partial charge on any atom is 0.325 e. The van der Waals surface area contributed by atoms with Crippen molar-refractivity contribution in [1.82, 2.24) is 10.6 Å². The van der Waals surface area contributed by atoms with Gasteiger partial charge in [0.1, 0.15) is 23.3 Å². The molecule has 0 aromatic heterocycles. The highest BCUT2D eigenvalue weighted by molar-refractivity contribution is 5.87. The second kappa shape index (κ2) is 11.2. The summed E-state index contributed by atoms with van der Waals surface area (Å²) in [6, 6.07) is 17.5. The van der Waals surface area contributed by atoms with Gasteiger partial charge < -0.3 is 9.47 Å². The van der Waals surface area contributed by atoms with Crippen molar-refractivity contribution in [2.24, 2.45) is 0 Å². The molecule has 0 amide bonds. The van der Waals surface area contributed by atoms with Crippen LogP contribution in [0.15, 0.2) is 60.7 Å². The number of ether oxygens (including phenoxy) is 2. The second-order valence-electron chi connectivity index (χ2n) is 9.76. The molecule has 0 unspecified atom stereocenters. The van der Waals surface area contributed by atoms with Crippen LogP contribution in [0, 0.1) is 0 Å². The fourth-order valence-corrected chi connectivity index (χ4v) is 3.05. The third-order valence-corrected chi connectivity index (χ3v) is 4.39. The predicted octanol–water partition coefficient (Wildman–Crippen LogP) is 3.99. The number of esters is 2. The lowest BCUT2D eigenvalue weighted by atomic mass is 10.1. The van der Waals surface area contributed by atoms with Gasteiger partial charge in [-0.1, -0.05) is 60.7 Å². The molecular weight excluding hydrogens is 404 g/mol. The Hall–Kier alpha value is -2.70. The summed E-state index contributed by atoms with van der Waals surface area (Å²) in [7, 11) is 0. The SMILES string of the molecule is CC(C)(C)OC(=O)[C@@H](NCc1ccccc1)[C@@H](NCc1ccccc1)C(=O)OC(C)(C)C. The van der Waals surface area contributed by atoms with Crippen LogP contribution in [0.1, 0.15) is 52.7 Å². The van der Waals surface area contributed by atoms with Gasteiger partial charge in [0.05, 0.1) is 0 Å². The zero-order chi connectivity index (χ0) is 23.8. The molecule has 2 aromatic carbocycles. The summed E-state index contributed by atoms with van der Waals surface area (Å²) < 4.78 is 11.3. The summed E-state index contributed by atoms with van der Waals surface area (Å²) in [4.78, 5) is 26.3. The molecule has 2 N–H and O–H groups in total. The van der Waals surface area contributed by atoms with Crippen LogP contribution in [0.4, 0.5) is 0 Å². The molecule has 2 atom stereocenters. The van der Waals surface area contributed by atoms with E-state index in [2.05, 4.69) is 10.6 Å². The molecule has 0 heterocycles. The van der Waals surface area contributed by atoms with Gasteiger partial charge in [-0.3, -0.25) is 20.2 Å². The first kappa shape index (κ1) is 25.6. The van der Waals surface area contributed by atoms with Gasteiger partial charge in [0.15, 0.2) is 0 Å². The number of carbonyl (C=O) groups is 2. The Morgan fingerprint density at radius 3 is 1.25 bits per heavy atom. The summed E-state index contributed by atoms with van der Waals surface area (Å²) in [6.07, 6.45) is 0. The van der Waals surface area contributed by atoms with Gasteiger partial charge in [-0.05, 0) is 52.7 Å². The Morgan fingerprint density at radius 2 is 0.969 bits per heavy atom. The Morgan fingerprint density at radius 1 is 0.656 bits per heavy atom. The van der Waals surface area contributed by atoms with Gasteiger partial charge in [-0.2, -0.15) is 0 Å². The van der Waals surface area contributed by atoms with Crippen molar-refractivity contribution >= 4 is 11.9 Å². The molecule has 0 saturated carbocycles. The Kier molecular flexibility index (Phi) is 8.99. The lowest BCUT2D eigenvalue weighted by Crippen LogP contribution is -2.58. The average Bonchev–Trinajstić information content (AvgIpc) is 2.69. The quantitative estimate of drug-likeness (QED) is 0.574. The Bertz CT molecular complexity index is 781. The first-order valence-electron chi connectivity index (χ1n) is 10.9. The highest BCUT2D eigenvalue weighted by Gasteiger charge is 2.38. The van der Waals surface area contributed by atoms with E-state index in [-0.39, 0.29) is 0 Å². The van der Waals surface area contributed by atoms with Crippen LogP contribution >= 0.6 is 0 Å². The fourth-order valence-electron chi connectivity index (χ4n) is 3.05. The van der Waals surface area contributed by atoms with E-state index in [9.17, 15) is 9.59 Å². The number of hydrogen-bond donors (Lipinski definition) is 2. The van der Waals surface area contributed by atoms with Gasteiger partial charge in [0, 0.05) is 13.1 Å². The third kappa shape index (κ3) is 9.20. The van der Waals surface area contributed by atoms with Crippen molar-refractivity contribution in [2.45, 2.75) is 77.9 Å². The minimum absolute atomic E-state index is 0.400. The molecular formula is C26H36N2O4. The second-order valence-corrected chi connectivity index (χ2v) is 9.76. The molecule has 0 aliphatic carbocycles. The minimum Gasteiger partial charge on any atom is -0.459 e. The summed E-state index contributed by atoms with van der Waals surface area (Å²) in [5.74, 6) is -1.02. The van der Waals surface area contributed by atoms with Crippen LogP contribution in [-0.4, -0.2) is 35.2 Å². The van der Waals surface area contributed by atoms with E-state index in [1.165, 1.54) is 0 Å². The summed E-state index contributed by atoms with van der Waals surface area (Å²) in [5.41, 5.74) is 0.600. The molecule has 32 heavy (non-hydrogen) atoms. The first-order chi connectivity index (χ1) is 14.9. The fraction of sp³-hybridized carbons (Fsp3) is 0.462. The normalized spacial score (nSPS) is 13.8. The molecule has 0 aliphatic rings. The van der Waals surface area contributed by atoms with E-state index in [4.69, 9.17) is 9.47 Å². The lowest BCUT2D eigenvalue weighted by Gasteiger charge is -2.31. The Labute approximate surface area is 191 Å². The van der Waals surface area contributed by atoms with Crippen molar-refractivity contribution < 1.29 is 19.1 Å².